The van der Waals surface area contributed by atoms with E-state index < -0.39 is 0 Å². The summed E-state index contributed by atoms with van der Waals surface area (Å²) in [6.45, 7) is 0.703. The predicted octanol–water partition coefficient (Wildman–Crippen LogP) is 6.67. The monoisotopic (exact) mass is 510 g/mol. The number of Topliss-reactive ketones (excluding diaryl/α,β-unsaturated/α-hetero) is 1. The van der Waals surface area contributed by atoms with Gasteiger partial charge in [-0.2, -0.15) is 0 Å². The third-order valence-corrected chi connectivity index (χ3v) is 6.67. The molecule has 0 amide bonds. The highest BCUT2D eigenvalue weighted by molar-refractivity contribution is 6.06. The number of hydrogen-bond acceptors (Lipinski definition) is 6. The van der Waals surface area contributed by atoms with Crippen molar-refractivity contribution in [2.45, 2.75) is 26.1 Å². The van der Waals surface area contributed by atoms with Crippen LogP contribution in [-0.2, 0) is 19.6 Å². The summed E-state index contributed by atoms with van der Waals surface area (Å²) in [6, 6.07) is 25.4. The second-order valence-corrected chi connectivity index (χ2v) is 9.00. The Morgan fingerprint density at radius 2 is 1.21 bits per heavy atom. The molecule has 0 aromatic heterocycles. The molecular formula is C32H30O6. The third kappa shape index (κ3) is 5.02. The number of carbonyl (C=O) groups is 1. The van der Waals surface area contributed by atoms with Crippen molar-refractivity contribution in [3.8, 4) is 39.9 Å². The molecule has 0 atom stereocenters. The maximum Gasteiger partial charge on any atom is 0.204 e. The molecule has 0 unspecified atom stereocenters. The van der Waals surface area contributed by atoms with Gasteiger partial charge >= 0.3 is 0 Å². The van der Waals surface area contributed by atoms with Crippen molar-refractivity contribution in [2.24, 2.45) is 0 Å². The molecule has 5 rings (SSSR count). The zero-order chi connectivity index (χ0) is 26.5. The molecule has 4 aromatic carbocycles. The average molecular weight is 511 g/mol. The van der Waals surface area contributed by atoms with Crippen LogP contribution in [0.3, 0.4) is 0 Å². The van der Waals surface area contributed by atoms with Gasteiger partial charge in [0.05, 0.1) is 21.3 Å². The lowest BCUT2D eigenvalue weighted by molar-refractivity contribution is 0.0984. The van der Waals surface area contributed by atoms with Crippen molar-refractivity contribution >= 4 is 5.78 Å². The largest absolute Gasteiger partial charge is 0.493 e. The first-order valence-electron chi connectivity index (χ1n) is 12.5. The molecule has 194 valence electrons. The Labute approximate surface area is 222 Å². The van der Waals surface area contributed by atoms with Crippen LogP contribution in [0.1, 0.15) is 33.5 Å². The summed E-state index contributed by atoms with van der Waals surface area (Å²) >= 11 is 0. The van der Waals surface area contributed by atoms with E-state index in [0.717, 1.165) is 27.8 Å². The lowest BCUT2D eigenvalue weighted by Crippen LogP contribution is -2.05. The zero-order valence-corrected chi connectivity index (χ0v) is 21.8. The molecule has 0 bridgehead atoms. The molecule has 1 aliphatic rings. The number of fused-ring (bicyclic) bond motifs is 3. The number of hydrogen-bond donors (Lipinski definition) is 0. The van der Waals surface area contributed by atoms with Gasteiger partial charge in [0.15, 0.2) is 28.8 Å². The number of methoxy groups -OCH3 is 3. The maximum atomic E-state index is 13.3. The minimum Gasteiger partial charge on any atom is -0.493 e. The Morgan fingerprint density at radius 3 is 1.82 bits per heavy atom. The fourth-order valence-electron chi connectivity index (χ4n) is 4.76. The molecule has 0 radical (unpaired) electrons. The standard InChI is InChI=1S/C32H30O6/c1-34-27-17-24-25(18-28(27)37-19-21-10-6-4-7-11-21)30-23(14-15-26(24)33)16-29(35-2)31(32(30)36-3)38-20-22-12-8-5-9-13-22/h4-13,16-18H,14-15,19-20H2,1-3H3. The van der Waals surface area contributed by atoms with E-state index in [1.165, 1.54) is 0 Å². The van der Waals surface area contributed by atoms with E-state index in [9.17, 15) is 4.79 Å². The summed E-state index contributed by atoms with van der Waals surface area (Å²) in [4.78, 5) is 13.3. The second kappa shape index (κ2) is 11.3. The van der Waals surface area contributed by atoms with E-state index in [1.54, 1.807) is 27.4 Å². The third-order valence-electron chi connectivity index (χ3n) is 6.67. The molecule has 6 heteroatoms. The lowest BCUT2D eigenvalue weighted by atomic mass is 9.94. The van der Waals surface area contributed by atoms with Crippen molar-refractivity contribution in [3.05, 3.63) is 101 Å². The van der Waals surface area contributed by atoms with Crippen LogP contribution in [0, 0.1) is 0 Å². The molecule has 0 aliphatic heterocycles. The summed E-state index contributed by atoms with van der Waals surface area (Å²) in [5.41, 5.74) is 5.06. The van der Waals surface area contributed by atoms with Crippen molar-refractivity contribution in [1.29, 1.82) is 0 Å². The fourth-order valence-corrected chi connectivity index (χ4v) is 4.76. The lowest BCUT2D eigenvalue weighted by Gasteiger charge is -2.21. The van der Waals surface area contributed by atoms with Crippen LogP contribution in [0.25, 0.3) is 11.1 Å². The molecular weight excluding hydrogens is 480 g/mol. The number of ether oxygens (including phenoxy) is 5. The maximum absolute atomic E-state index is 13.3. The summed E-state index contributed by atoms with van der Waals surface area (Å²) in [5, 5.41) is 0. The molecule has 1 aliphatic carbocycles. The summed E-state index contributed by atoms with van der Waals surface area (Å²) < 4.78 is 29.8. The molecule has 0 spiro atoms. The van der Waals surface area contributed by atoms with Gasteiger partial charge in [-0.3, -0.25) is 4.79 Å². The van der Waals surface area contributed by atoms with E-state index in [-0.39, 0.29) is 5.78 Å². The first kappa shape index (κ1) is 25.2. The highest BCUT2D eigenvalue weighted by Gasteiger charge is 2.30. The number of carbonyl (C=O) groups excluding carboxylic acids is 1. The molecule has 0 fully saturated rings. The smallest absolute Gasteiger partial charge is 0.204 e. The normalized spacial score (nSPS) is 12.1. The van der Waals surface area contributed by atoms with E-state index in [2.05, 4.69) is 0 Å². The van der Waals surface area contributed by atoms with Crippen LogP contribution >= 0.6 is 0 Å². The first-order chi connectivity index (χ1) is 18.6. The quantitative estimate of drug-likeness (QED) is 0.251. The molecule has 0 saturated heterocycles. The van der Waals surface area contributed by atoms with Crippen LogP contribution in [0.15, 0.2) is 78.9 Å². The van der Waals surface area contributed by atoms with Gasteiger partial charge in [0.25, 0.3) is 0 Å². The highest BCUT2D eigenvalue weighted by atomic mass is 16.5. The topological polar surface area (TPSA) is 63.2 Å². The minimum atomic E-state index is 0.0249. The van der Waals surface area contributed by atoms with Gasteiger partial charge in [0.1, 0.15) is 13.2 Å². The first-order valence-corrected chi connectivity index (χ1v) is 12.5. The van der Waals surface area contributed by atoms with Gasteiger partial charge in [0, 0.05) is 23.1 Å². The minimum absolute atomic E-state index is 0.0249. The van der Waals surface area contributed by atoms with Gasteiger partial charge in [-0.25, -0.2) is 0 Å². The van der Waals surface area contributed by atoms with E-state index in [0.29, 0.717) is 60.4 Å². The highest BCUT2D eigenvalue weighted by Crippen LogP contribution is 2.51. The number of ketones is 1. The number of benzene rings is 4. The van der Waals surface area contributed by atoms with Crippen LogP contribution in [0.4, 0.5) is 0 Å². The van der Waals surface area contributed by atoms with E-state index >= 15 is 0 Å². The van der Waals surface area contributed by atoms with Gasteiger partial charge in [-0.1, -0.05) is 60.7 Å². The van der Waals surface area contributed by atoms with Crippen molar-refractivity contribution in [3.63, 3.8) is 0 Å². The van der Waals surface area contributed by atoms with Gasteiger partial charge in [0.2, 0.25) is 5.75 Å². The molecule has 6 nitrogen and oxygen atoms in total. The zero-order valence-electron chi connectivity index (χ0n) is 21.8. The fraction of sp³-hybridized carbons (Fsp3) is 0.219. The summed E-state index contributed by atoms with van der Waals surface area (Å²) in [7, 11) is 4.78. The SMILES string of the molecule is COc1cc2c(cc1OCc1ccccc1)-c1c(cc(OC)c(OCc3ccccc3)c1OC)CCC2=O. The van der Waals surface area contributed by atoms with Crippen molar-refractivity contribution in [2.75, 3.05) is 21.3 Å². The average Bonchev–Trinajstić information content (AvgIpc) is 3.10. The van der Waals surface area contributed by atoms with Gasteiger partial charge < -0.3 is 23.7 Å². The van der Waals surface area contributed by atoms with Crippen LogP contribution in [0.5, 0.6) is 28.7 Å². The van der Waals surface area contributed by atoms with Crippen LogP contribution < -0.4 is 23.7 Å². The Bertz CT molecular complexity index is 1430. The number of rotatable bonds is 9. The summed E-state index contributed by atoms with van der Waals surface area (Å²) in [5.74, 6) is 2.63. The molecule has 4 aromatic rings. The van der Waals surface area contributed by atoms with Gasteiger partial charge in [-0.05, 0) is 41.3 Å². The second-order valence-electron chi connectivity index (χ2n) is 9.00. The van der Waals surface area contributed by atoms with Crippen LogP contribution in [0.2, 0.25) is 0 Å². The Balaban J connectivity index is 1.63. The Hall–Kier alpha value is -4.45. The van der Waals surface area contributed by atoms with Gasteiger partial charge in [-0.15, -0.1) is 0 Å². The Morgan fingerprint density at radius 1 is 0.605 bits per heavy atom. The number of aryl methyl sites for hydroxylation is 1. The van der Waals surface area contributed by atoms with Crippen molar-refractivity contribution < 1.29 is 28.5 Å². The molecule has 0 saturated carbocycles. The van der Waals surface area contributed by atoms with E-state index in [4.69, 9.17) is 23.7 Å². The molecule has 0 heterocycles. The predicted molar refractivity (Wildman–Crippen MR) is 146 cm³/mol. The van der Waals surface area contributed by atoms with Crippen molar-refractivity contribution in [1.82, 2.24) is 0 Å². The van der Waals surface area contributed by atoms with E-state index in [1.807, 2.05) is 72.8 Å². The van der Waals surface area contributed by atoms with Crippen LogP contribution in [-0.4, -0.2) is 27.1 Å². The molecule has 0 N–H and O–H groups in total. The molecule has 38 heavy (non-hydrogen) atoms. The Kier molecular flexibility index (Phi) is 7.50. The summed E-state index contributed by atoms with van der Waals surface area (Å²) in [6.07, 6.45) is 0.890.